The summed E-state index contributed by atoms with van der Waals surface area (Å²) in [5, 5.41) is 14.4. The molecule has 8 nitrogen and oxygen atoms in total. The van der Waals surface area contributed by atoms with E-state index in [1.54, 1.807) is 20.8 Å². The molecule has 120 valence electrons. The van der Waals surface area contributed by atoms with Crippen LogP contribution in [0.25, 0.3) is 22.5 Å². The van der Waals surface area contributed by atoms with Gasteiger partial charge in [-0.15, -0.1) is 0 Å². The molecular formula is C15H17N5O3. The maximum atomic E-state index is 11.6. The second kappa shape index (κ2) is 5.71. The number of H-pyrrole nitrogens is 1. The van der Waals surface area contributed by atoms with Gasteiger partial charge in [-0.25, -0.2) is 4.79 Å². The summed E-state index contributed by atoms with van der Waals surface area (Å²) in [7, 11) is 0. The number of carbonyl (C=O) groups excluding carboxylic acids is 1. The third-order valence-electron chi connectivity index (χ3n) is 2.93. The molecule has 0 aliphatic heterocycles. The molecule has 0 bridgehead atoms. The Morgan fingerprint density at radius 1 is 1.35 bits per heavy atom. The van der Waals surface area contributed by atoms with Gasteiger partial charge in [-0.1, -0.05) is 23.4 Å². The van der Waals surface area contributed by atoms with Crippen molar-refractivity contribution < 1.29 is 14.1 Å². The van der Waals surface area contributed by atoms with Crippen LogP contribution in [0.4, 0.5) is 4.79 Å². The minimum absolute atomic E-state index is 0.112. The summed E-state index contributed by atoms with van der Waals surface area (Å²) in [6.45, 7) is 5.49. The standard InChI is InChI=1S/C15H17N5O3/c1-15(2,3)22-14(21)16-8-11-17-13(23-20-11)12-9-6-4-5-7-10(9)18-19-12/h4-7H,8H2,1-3H3,(H,16,21)(H,18,19). The van der Waals surface area contributed by atoms with Crippen molar-refractivity contribution in [2.24, 2.45) is 0 Å². The number of amides is 1. The van der Waals surface area contributed by atoms with Gasteiger partial charge < -0.3 is 14.6 Å². The lowest BCUT2D eigenvalue weighted by Crippen LogP contribution is -2.32. The highest BCUT2D eigenvalue weighted by Crippen LogP contribution is 2.24. The molecule has 0 aliphatic rings. The van der Waals surface area contributed by atoms with Crippen LogP contribution in [-0.4, -0.2) is 32.0 Å². The summed E-state index contributed by atoms with van der Waals surface area (Å²) in [4.78, 5) is 15.8. The van der Waals surface area contributed by atoms with E-state index in [2.05, 4.69) is 25.7 Å². The van der Waals surface area contributed by atoms with Crippen LogP contribution >= 0.6 is 0 Å². The number of nitrogens with zero attached hydrogens (tertiary/aromatic N) is 3. The van der Waals surface area contributed by atoms with Crippen molar-refractivity contribution in [2.75, 3.05) is 0 Å². The molecule has 0 atom stereocenters. The van der Waals surface area contributed by atoms with Gasteiger partial charge in [-0.05, 0) is 26.8 Å². The first-order valence-corrected chi connectivity index (χ1v) is 7.15. The molecule has 0 saturated carbocycles. The summed E-state index contributed by atoms with van der Waals surface area (Å²) in [6, 6.07) is 7.64. The fourth-order valence-corrected chi connectivity index (χ4v) is 2.01. The topological polar surface area (TPSA) is 106 Å². The molecule has 0 saturated heterocycles. The summed E-state index contributed by atoms with van der Waals surface area (Å²) < 4.78 is 10.4. The third-order valence-corrected chi connectivity index (χ3v) is 2.93. The molecule has 1 aromatic carbocycles. The van der Waals surface area contributed by atoms with Crippen molar-refractivity contribution in [3.63, 3.8) is 0 Å². The summed E-state index contributed by atoms with van der Waals surface area (Å²) in [6.07, 6.45) is -0.533. The molecule has 8 heteroatoms. The number of carbonyl (C=O) groups is 1. The highest BCUT2D eigenvalue weighted by Gasteiger charge is 2.18. The lowest BCUT2D eigenvalue weighted by atomic mass is 10.2. The lowest BCUT2D eigenvalue weighted by molar-refractivity contribution is 0.0522. The first kappa shape index (κ1) is 15.0. The van der Waals surface area contributed by atoms with Crippen molar-refractivity contribution in [1.82, 2.24) is 25.7 Å². The zero-order chi connectivity index (χ0) is 16.4. The first-order valence-electron chi connectivity index (χ1n) is 7.15. The number of hydrogen-bond donors (Lipinski definition) is 2. The molecule has 0 spiro atoms. The SMILES string of the molecule is CC(C)(C)OC(=O)NCc1noc(-c2n[nH]c3ccccc23)n1. The predicted octanol–water partition coefficient (Wildman–Crippen LogP) is 2.64. The Morgan fingerprint density at radius 3 is 2.91 bits per heavy atom. The van der Waals surface area contributed by atoms with Crippen molar-refractivity contribution in [1.29, 1.82) is 0 Å². The predicted molar refractivity (Wildman–Crippen MR) is 82.5 cm³/mol. The Balaban J connectivity index is 1.70. The number of aromatic amines is 1. The number of ether oxygens (including phenoxy) is 1. The minimum Gasteiger partial charge on any atom is -0.444 e. The van der Waals surface area contributed by atoms with Crippen LogP contribution in [0.3, 0.4) is 0 Å². The number of fused-ring (bicyclic) bond motifs is 1. The van der Waals surface area contributed by atoms with Gasteiger partial charge in [-0.3, -0.25) is 5.10 Å². The number of benzene rings is 1. The van der Waals surface area contributed by atoms with E-state index >= 15 is 0 Å². The number of alkyl carbamates (subject to hydrolysis) is 1. The van der Waals surface area contributed by atoms with Gasteiger partial charge >= 0.3 is 6.09 Å². The van der Waals surface area contributed by atoms with E-state index in [0.717, 1.165) is 10.9 Å². The Bertz CT molecular complexity index is 831. The van der Waals surface area contributed by atoms with Crippen LogP contribution in [-0.2, 0) is 11.3 Å². The number of para-hydroxylation sites is 1. The average molecular weight is 315 g/mol. The highest BCUT2D eigenvalue weighted by molar-refractivity contribution is 5.90. The maximum absolute atomic E-state index is 11.6. The molecule has 3 rings (SSSR count). The molecule has 2 N–H and O–H groups in total. The summed E-state index contributed by atoms with van der Waals surface area (Å²) >= 11 is 0. The number of hydrogen-bond acceptors (Lipinski definition) is 6. The van der Waals surface area contributed by atoms with E-state index < -0.39 is 11.7 Å². The van der Waals surface area contributed by atoms with E-state index in [1.807, 2.05) is 24.3 Å². The van der Waals surface area contributed by atoms with Crippen LogP contribution < -0.4 is 5.32 Å². The Morgan fingerprint density at radius 2 is 2.13 bits per heavy atom. The van der Waals surface area contributed by atoms with Crippen molar-refractivity contribution in [3.8, 4) is 11.6 Å². The van der Waals surface area contributed by atoms with E-state index in [-0.39, 0.29) is 6.54 Å². The van der Waals surface area contributed by atoms with Gasteiger partial charge in [0.25, 0.3) is 5.89 Å². The quantitative estimate of drug-likeness (QED) is 0.769. The van der Waals surface area contributed by atoms with Crippen LogP contribution in [0.5, 0.6) is 0 Å². The van der Waals surface area contributed by atoms with Crippen molar-refractivity contribution >= 4 is 17.0 Å². The van der Waals surface area contributed by atoms with Crippen LogP contribution in [0.2, 0.25) is 0 Å². The van der Waals surface area contributed by atoms with Crippen molar-refractivity contribution in [3.05, 3.63) is 30.1 Å². The number of nitrogens with one attached hydrogen (secondary N) is 2. The summed E-state index contributed by atoms with van der Waals surface area (Å²) in [5.74, 6) is 0.640. The van der Waals surface area contributed by atoms with Crippen LogP contribution in [0.15, 0.2) is 28.8 Å². The number of rotatable bonds is 3. The monoisotopic (exact) mass is 315 g/mol. The van der Waals surface area contributed by atoms with Gasteiger partial charge in [-0.2, -0.15) is 10.1 Å². The van der Waals surface area contributed by atoms with E-state index in [1.165, 1.54) is 0 Å². The molecule has 1 amide bonds. The lowest BCUT2D eigenvalue weighted by Gasteiger charge is -2.19. The van der Waals surface area contributed by atoms with Crippen molar-refractivity contribution in [2.45, 2.75) is 32.9 Å². The normalized spacial score (nSPS) is 11.6. The highest BCUT2D eigenvalue weighted by atomic mass is 16.6. The van der Waals surface area contributed by atoms with Gasteiger partial charge in [0.05, 0.1) is 12.1 Å². The van der Waals surface area contributed by atoms with Gasteiger partial charge in [0.1, 0.15) is 5.60 Å². The second-order valence-corrected chi connectivity index (χ2v) is 5.99. The molecule has 0 fully saturated rings. The Hall–Kier alpha value is -2.90. The van der Waals surface area contributed by atoms with Crippen LogP contribution in [0, 0.1) is 0 Å². The van der Waals surface area contributed by atoms with Crippen LogP contribution in [0.1, 0.15) is 26.6 Å². The Kier molecular flexibility index (Phi) is 3.73. The fraction of sp³-hybridized carbons (Fsp3) is 0.333. The molecule has 2 heterocycles. The first-order chi connectivity index (χ1) is 10.9. The van der Waals surface area contributed by atoms with Gasteiger partial charge in [0.15, 0.2) is 11.5 Å². The molecule has 23 heavy (non-hydrogen) atoms. The smallest absolute Gasteiger partial charge is 0.408 e. The van der Waals surface area contributed by atoms with Gasteiger partial charge in [0, 0.05) is 5.39 Å². The van der Waals surface area contributed by atoms with E-state index in [4.69, 9.17) is 9.26 Å². The molecule has 2 aromatic heterocycles. The molecule has 0 unspecified atom stereocenters. The average Bonchev–Trinajstić information content (AvgIpc) is 3.09. The molecule has 3 aromatic rings. The second-order valence-electron chi connectivity index (χ2n) is 5.99. The van der Waals surface area contributed by atoms with E-state index in [9.17, 15) is 4.79 Å². The minimum atomic E-state index is -0.555. The fourth-order valence-electron chi connectivity index (χ4n) is 2.01. The number of aromatic nitrogens is 4. The van der Waals surface area contributed by atoms with E-state index in [0.29, 0.717) is 17.4 Å². The molecular weight excluding hydrogens is 298 g/mol. The zero-order valence-electron chi connectivity index (χ0n) is 13.1. The third kappa shape index (κ3) is 3.47. The zero-order valence-corrected chi connectivity index (χ0v) is 13.1. The molecule has 0 radical (unpaired) electrons. The Labute approximate surface area is 132 Å². The molecule has 0 aliphatic carbocycles. The maximum Gasteiger partial charge on any atom is 0.408 e. The largest absolute Gasteiger partial charge is 0.444 e. The summed E-state index contributed by atoms with van der Waals surface area (Å²) in [5.41, 5.74) is 0.909. The van der Waals surface area contributed by atoms with Gasteiger partial charge in [0.2, 0.25) is 0 Å².